The van der Waals surface area contributed by atoms with Crippen LogP contribution in [0.3, 0.4) is 0 Å². The van der Waals surface area contributed by atoms with Crippen molar-refractivity contribution in [1.29, 1.82) is 0 Å². The van der Waals surface area contributed by atoms with Gasteiger partial charge in [0.25, 0.3) is 0 Å². The SMILES string of the molecule is COc1c(-c2ccc(C)cc2-c2cc(C(F)(F)F)cc(-c3cc(C)ccc3-c3cc(C)cc(C45CC6CC(CC(C6)C4)C5)c3OC)n2)cc(C)cc1C1C2CC3CC(C2)CC1C3. The van der Waals surface area contributed by atoms with Gasteiger partial charge in [-0.1, -0.05) is 47.5 Å². The highest BCUT2D eigenvalue weighted by atomic mass is 19.4. The molecule has 8 fully saturated rings. The van der Waals surface area contributed by atoms with Crippen molar-refractivity contribution in [2.45, 2.75) is 116 Å². The van der Waals surface area contributed by atoms with E-state index in [0.717, 1.165) is 85.6 Å². The number of aromatic nitrogens is 1. The normalized spacial score (nSPS) is 29.4. The fourth-order valence-electron chi connectivity index (χ4n) is 15.1. The van der Waals surface area contributed by atoms with Crippen molar-refractivity contribution in [3.05, 3.63) is 112 Å². The molecule has 0 saturated heterocycles. The van der Waals surface area contributed by atoms with E-state index in [0.29, 0.717) is 40.3 Å². The average Bonchev–Trinajstić information content (AvgIpc) is 3.22. The number of hydrogen-bond acceptors (Lipinski definition) is 3. The van der Waals surface area contributed by atoms with Gasteiger partial charge in [0.1, 0.15) is 11.5 Å². The molecule has 8 saturated carbocycles. The van der Waals surface area contributed by atoms with E-state index in [1.165, 1.54) is 93.9 Å². The number of halogens is 3. The topological polar surface area (TPSA) is 31.4 Å². The lowest BCUT2D eigenvalue weighted by atomic mass is 9.48. The van der Waals surface area contributed by atoms with Crippen LogP contribution < -0.4 is 9.47 Å². The molecule has 8 aliphatic rings. The zero-order valence-electron chi connectivity index (χ0n) is 37.2. The predicted molar refractivity (Wildman–Crippen MR) is 243 cm³/mol. The highest BCUT2D eigenvalue weighted by Gasteiger charge is 2.53. The van der Waals surface area contributed by atoms with Crippen molar-refractivity contribution in [1.82, 2.24) is 4.98 Å². The second-order valence-corrected chi connectivity index (χ2v) is 21.2. The van der Waals surface area contributed by atoms with Gasteiger partial charge in [-0.05, 0) is 215 Å². The molecule has 13 rings (SSSR count). The largest absolute Gasteiger partial charge is 0.496 e. The summed E-state index contributed by atoms with van der Waals surface area (Å²) in [6.07, 6.45) is 9.53. The van der Waals surface area contributed by atoms with E-state index in [2.05, 4.69) is 62.4 Å². The first-order chi connectivity index (χ1) is 29.7. The minimum absolute atomic E-state index is 0.0712. The van der Waals surface area contributed by atoms with Gasteiger partial charge in [-0.3, -0.25) is 0 Å². The Balaban J connectivity index is 1.07. The quantitative estimate of drug-likeness (QED) is 0.156. The average molecular weight is 836 g/mol. The third-order valence-electron chi connectivity index (χ3n) is 16.7. The van der Waals surface area contributed by atoms with Crippen LogP contribution in [0.5, 0.6) is 11.5 Å². The van der Waals surface area contributed by atoms with Crippen LogP contribution in [-0.4, -0.2) is 19.2 Å². The Hall–Kier alpha value is -4.58. The maximum atomic E-state index is 15.3. The predicted octanol–water partition coefficient (Wildman–Crippen LogP) is 15.0. The number of alkyl halides is 3. The number of aryl methyl sites for hydroxylation is 4. The summed E-state index contributed by atoms with van der Waals surface area (Å²) >= 11 is 0. The molecule has 4 aromatic carbocycles. The molecule has 62 heavy (non-hydrogen) atoms. The molecule has 0 N–H and O–H groups in total. The molecule has 0 unspecified atom stereocenters. The minimum atomic E-state index is -4.60. The van der Waals surface area contributed by atoms with Crippen molar-refractivity contribution in [3.63, 3.8) is 0 Å². The second kappa shape index (κ2) is 14.7. The molecule has 3 nitrogen and oxygen atoms in total. The summed E-state index contributed by atoms with van der Waals surface area (Å²) in [6, 6.07) is 23.7. The van der Waals surface area contributed by atoms with Crippen molar-refractivity contribution in [2.24, 2.45) is 41.4 Å². The molecule has 0 radical (unpaired) electrons. The van der Waals surface area contributed by atoms with Crippen LogP contribution in [0.2, 0.25) is 0 Å². The van der Waals surface area contributed by atoms with E-state index in [9.17, 15) is 0 Å². The molecule has 8 bridgehead atoms. The van der Waals surface area contributed by atoms with Crippen molar-refractivity contribution in [3.8, 4) is 56.3 Å². The Labute approximate surface area is 365 Å². The monoisotopic (exact) mass is 835 g/mol. The molecular weight excluding hydrogens is 776 g/mol. The summed E-state index contributed by atoms with van der Waals surface area (Å²) < 4.78 is 58.7. The smallest absolute Gasteiger partial charge is 0.416 e. The van der Waals surface area contributed by atoms with E-state index in [1.807, 2.05) is 26.0 Å². The van der Waals surface area contributed by atoms with E-state index in [4.69, 9.17) is 14.5 Å². The number of nitrogens with zero attached hydrogens (tertiary/aromatic N) is 1. The lowest BCUT2D eigenvalue weighted by molar-refractivity contribution is -0.137. The van der Waals surface area contributed by atoms with Crippen LogP contribution in [-0.2, 0) is 11.6 Å². The zero-order valence-corrected chi connectivity index (χ0v) is 37.2. The maximum absolute atomic E-state index is 15.3. The highest BCUT2D eigenvalue weighted by molar-refractivity contribution is 5.90. The van der Waals surface area contributed by atoms with Gasteiger partial charge < -0.3 is 9.47 Å². The Morgan fingerprint density at radius 2 is 0.952 bits per heavy atom. The molecule has 0 amide bonds. The summed E-state index contributed by atoms with van der Waals surface area (Å²) in [4.78, 5) is 5.27. The van der Waals surface area contributed by atoms with Crippen LogP contribution in [0.4, 0.5) is 13.2 Å². The number of benzene rings is 4. The number of ether oxygens (including phenoxy) is 2. The summed E-state index contributed by atoms with van der Waals surface area (Å²) in [5.74, 6) is 7.42. The van der Waals surface area contributed by atoms with Crippen LogP contribution in [0, 0.1) is 69.1 Å². The van der Waals surface area contributed by atoms with Crippen LogP contribution in [0.1, 0.15) is 115 Å². The highest BCUT2D eigenvalue weighted by Crippen LogP contribution is 2.64. The van der Waals surface area contributed by atoms with Crippen molar-refractivity contribution >= 4 is 0 Å². The Kier molecular flexibility index (Phi) is 9.56. The van der Waals surface area contributed by atoms with Crippen molar-refractivity contribution in [2.75, 3.05) is 14.2 Å². The van der Waals surface area contributed by atoms with E-state index in [1.54, 1.807) is 14.2 Å². The first kappa shape index (κ1) is 40.2. The van der Waals surface area contributed by atoms with Gasteiger partial charge in [-0.2, -0.15) is 13.2 Å². The summed E-state index contributed by atoms with van der Waals surface area (Å²) in [7, 11) is 3.52. The van der Waals surface area contributed by atoms with Gasteiger partial charge in [0.05, 0.1) is 31.2 Å². The lowest BCUT2D eigenvalue weighted by Gasteiger charge is -2.57. The van der Waals surface area contributed by atoms with E-state index < -0.39 is 11.7 Å². The van der Waals surface area contributed by atoms with Gasteiger partial charge in [0.15, 0.2) is 0 Å². The lowest BCUT2D eigenvalue weighted by Crippen LogP contribution is -2.48. The number of hydrogen-bond donors (Lipinski definition) is 0. The molecule has 5 aromatic rings. The minimum Gasteiger partial charge on any atom is -0.496 e. The first-order valence-electron chi connectivity index (χ1n) is 23.5. The van der Waals surface area contributed by atoms with Crippen LogP contribution in [0.15, 0.2) is 72.8 Å². The number of methoxy groups -OCH3 is 2. The molecule has 1 aromatic heterocycles. The third kappa shape index (κ3) is 6.71. The standard InChI is InChI=1S/C56H60F3NO2/c1-30-7-9-42(46-13-32(3)15-48(53(46)61-5)52-39-21-34-17-35(23-39)24-40(52)22-34)44(11-30)50-25-41(56(57,58)59)26-51(60-50)45-12-31(2)8-10-43(45)47-14-33(4)16-49(54(47)62-6)55-27-36-18-37(28-55)20-38(19-36)29-55/h7-16,25-26,34-40,52H,17-24,27-29H2,1-6H3. The van der Waals surface area contributed by atoms with Crippen molar-refractivity contribution < 1.29 is 22.6 Å². The summed E-state index contributed by atoms with van der Waals surface area (Å²) in [5.41, 5.74) is 11.5. The fourth-order valence-corrected chi connectivity index (χ4v) is 15.1. The Morgan fingerprint density at radius 3 is 1.44 bits per heavy atom. The van der Waals surface area contributed by atoms with Gasteiger partial charge in [0, 0.05) is 27.8 Å². The summed E-state index contributed by atoms with van der Waals surface area (Å²) in [6.45, 7) is 8.29. The van der Waals surface area contributed by atoms with Crippen LogP contribution in [0.25, 0.3) is 44.8 Å². The zero-order chi connectivity index (χ0) is 42.8. The molecule has 1 heterocycles. The van der Waals surface area contributed by atoms with Gasteiger partial charge in [-0.25, -0.2) is 4.98 Å². The van der Waals surface area contributed by atoms with Gasteiger partial charge in [0.2, 0.25) is 0 Å². The Bertz CT molecular complexity index is 2540. The number of rotatable bonds is 8. The second-order valence-electron chi connectivity index (χ2n) is 21.2. The van der Waals surface area contributed by atoms with Gasteiger partial charge in [-0.15, -0.1) is 0 Å². The molecule has 6 heteroatoms. The van der Waals surface area contributed by atoms with E-state index >= 15 is 13.2 Å². The first-order valence-corrected chi connectivity index (χ1v) is 23.5. The molecular formula is C56H60F3NO2. The van der Waals surface area contributed by atoms with Crippen LogP contribution >= 0.6 is 0 Å². The molecule has 0 spiro atoms. The fraction of sp³-hybridized carbons (Fsp3) is 0.482. The third-order valence-corrected chi connectivity index (χ3v) is 16.7. The van der Waals surface area contributed by atoms with Gasteiger partial charge >= 0.3 is 6.18 Å². The molecule has 0 aliphatic heterocycles. The molecule has 8 aliphatic carbocycles. The van der Waals surface area contributed by atoms with E-state index in [-0.39, 0.29) is 5.41 Å². The molecule has 322 valence electrons. The summed E-state index contributed by atoms with van der Waals surface area (Å²) in [5, 5.41) is 0. The number of pyridine rings is 1. The molecule has 0 atom stereocenters. The Morgan fingerprint density at radius 1 is 0.500 bits per heavy atom. The maximum Gasteiger partial charge on any atom is 0.416 e.